The minimum absolute atomic E-state index is 0. The van der Waals surface area contributed by atoms with Crippen LogP contribution in [0.15, 0.2) is 0 Å². The summed E-state index contributed by atoms with van der Waals surface area (Å²) in [6, 6.07) is 0. The topological polar surface area (TPSA) is 95.2 Å². The second-order valence-electron chi connectivity index (χ2n) is 13.4. The summed E-state index contributed by atoms with van der Waals surface area (Å²) in [5.41, 5.74) is 4.94. The molecule has 0 amide bonds. The molecule has 0 aromatic heterocycles. The summed E-state index contributed by atoms with van der Waals surface area (Å²) in [5.74, 6) is -0.115. The molecule has 6 heteroatoms. The van der Waals surface area contributed by atoms with Gasteiger partial charge in [0, 0.05) is 12.8 Å². The molecule has 0 saturated heterocycles. The van der Waals surface area contributed by atoms with E-state index in [1.807, 2.05) is 0 Å². The fraction of sp³-hybridized carbons (Fsp3) is 0.947. The first-order chi connectivity index (χ1) is 20.0. The summed E-state index contributed by atoms with van der Waals surface area (Å²) >= 11 is 0. The van der Waals surface area contributed by atoms with Crippen LogP contribution in [0.4, 0.5) is 0 Å². The zero-order chi connectivity index (χ0) is 30.3. The van der Waals surface area contributed by atoms with E-state index < -0.39 is 5.54 Å². The Hall–Kier alpha value is -0.160. The Bertz CT molecular complexity index is 539. The lowest BCUT2D eigenvalue weighted by Gasteiger charge is -2.21. The number of halogens is 2. The van der Waals surface area contributed by atoms with Gasteiger partial charge in [-0.15, -0.1) is 24.8 Å². The normalized spacial score (nSPS) is 11.0. The molecule has 0 aliphatic rings. The molecular weight excluding hydrogens is 587 g/mol. The highest BCUT2D eigenvalue weighted by atomic mass is 35.5. The Morgan fingerprint density at radius 1 is 0.386 bits per heavy atom. The van der Waals surface area contributed by atoms with Crippen molar-refractivity contribution in [3.8, 4) is 0 Å². The summed E-state index contributed by atoms with van der Waals surface area (Å²) in [7, 11) is 0. The molecule has 5 N–H and O–H groups in total. The van der Waals surface area contributed by atoms with Gasteiger partial charge in [0.2, 0.25) is 0 Å². The SMILES string of the molecule is CCCCCCCCCCCCCCCCCC(=O)C(C)(N)C(=O)CCCCCCCCCCCCCCCCC.Cl.Cl.N. The van der Waals surface area contributed by atoms with Gasteiger partial charge in [-0.1, -0.05) is 194 Å². The van der Waals surface area contributed by atoms with Gasteiger partial charge < -0.3 is 11.9 Å². The van der Waals surface area contributed by atoms with E-state index in [0.29, 0.717) is 12.8 Å². The largest absolute Gasteiger partial charge is 0.344 e. The smallest absolute Gasteiger partial charge is 0.159 e. The number of hydrogen-bond acceptors (Lipinski definition) is 4. The van der Waals surface area contributed by atoms with Crippen LogP contribution in [0.2, 0.25) is 0 Å². The molecule has 268 valence electrons. The Balaban J connectivity index is -0.00000267. The summed E-state index contributed by atoms with van der Waals surface area (Å²) in [6.07, 6.45) is 40.2. The number of Topliss-reactive ketones (excluding diaryl/α,β-unsaturated/α-hetero) is 2. The highest BCUT2D eigenvalue weighted by Gasteiger charge is 2.34. The molecule has 0 aromatic carbocycles. The van der Waals surface area contributed by atoms with Gasteiger partial charge in [0.25, 0.3) is 0 Å². The standard InChI is InChI=1S/C38H75NO2.2ClH.H3N/c1-4-6-8-10-12-14-16-18-20-22-24-26-28-30-32-34-36(40)38(3,39)37(41)35-33-31-29-27-25-23-21-19-17-15-13-11-9-7-5-2;;;/h4-35,39H2,1-3H3;2*1H;1H3. The first-order valence-electron chi connectivity index (χ1n) is 18.8. The average molecular weight is 668 g/mol. The fourth-order valence-electron chi connectivity index (χ4n) is 5.99. The van der Waals surface area contributed by atoms with E-state index in [-0.39, 0.29) is 42.5 Å². The second kappa shape index (κ2) is 39.0. The average Bonchev–Trinajstić information content (AvgIpc) is 2.96. The predicted molar refractivity (Wildman–Crippen MR) is 201 cm³/mol. The van der Waals surface area contributed by atoms with Gasteiger partial charge in [0.15, 0.2) is 11.6 Å². The zero-order valence-electron chi connectivity index (χ0n) is 30.0. The maximum absolute atomic E-state index is 12.7. The van der Waals surface area contributed by atoms with Crippen LogP contribution in [0.25, 0.3) is 0 Å². The van der Waals surface area contributed by atoms with Crippen molar-refractivity contribution in [3.05, 3.63) is 0 Å². The lowest BCUT2D eigenvalue weighted by atomic mass is 9.86. The molecule has 0 atom stereocenters. The van der Waals surface area contributed by atoms with Gasteiger partial charge in [-0.05, 0) is 19.8 Å². The van der Waals surface area contributed by atoms with Crippen molar-refractivity contribution in [1.82, 2.24) is 6.15 Å². The molecule has 0 radical (unpaired) electrons. The van der Waals surface area contributed by atoms with Gasteiger partial charge in [0.05, 0.1) is 0 Å². The molecule has 0 rings (SSSR count). The molecule has 0 bridgehead atoms. The lowest BCUT2D eigenvalue weighted by molar-refractivity contribution is -0.134. The van der Waals surface area contributed by atoms with E-state index in [2.05, 4.69) is 13.8 Å². The van der Waals surface area contributed by atoms with Crippen molar-refractivity contribution in [2.45, 2.75) is 232 Å². The van der Waals surface area contributed by atoms with Gasteiger partial charge in [0.1, 0.15) is 5.54 Å². The maximum Gasteiger partial charge on any atom is 0.159 e. The van der Waals surface area contributed by atoms with Crippen molar-refractivity contribution < 1.29 is 9.59 Å². The van der Waals surface area contributed by atoms with Crippen LogP contribution in [0.5, 0.6) is 0 Å². The predicted octanol–water partition coefficient (Wildman–Crippen LogP) is 13.4. The molecule has 0 heterocycles. The number of carbonyl (C=O) groups is 2. The molecule has 0 aliphatic heterocycles. The third-order valence-corrected chi connectivity index (χ3v) is 9.17. The Morgan fingerprint density at radius 2 is 0.545 bits per heavy atom. The fourth-order valence-corrected chi connectivity index (χ4v) is 5.99. The van der Waals surface area contributed by atoms with Crippen LogP contribution in [0, 0.1) is 0 Å². The molecule has 44 heavy (non-hydrogen) atoms. The van der Waals surface area contributed by atoms with Crippen LogP contribution in [-0.4, -0.2) is 17.1 Å². The summed E-state index contributed by atoms with van der Waals surface area (Å²) in [6.45, 7) is 6.20. The van der Waals surface area contributed by atoms with E-state index in [0.717, 1.165) is 25.7 Å². The van der Waals surface area contributed by atoms with Crippen LogP contribution in [0.3, 0.4) is 0 Å². The van der Waals surface area contributed by atoms with Crippen LogP contribution in [0.1, 0.15) is 226 Å². The van der Waals surface area contributed by atoms with Crippen molar-refractivity contribution in [3.63, 3.8) is 0 Å². The quantitative estimate of drug-likeness (QED) is 0.0527. The highest BCUT2D eigenvalue weighted by molar-refractivity contribution is 6.10. The number of hydrogen-bond donors (Lipinski definition) is 2. The third kappa shape index (κ3) is 33.2. The highest BCUT2D eigenvalue weighted by Crippen LogP contribution is 2.18. The zero-order valence-corrected chi connectivity index (χ0v) is 31.7. The molecule has 0 fully saturated rings. The van der Waals surface area contributed by atoms with E-state index in [1.54, 1.807) is 6.92 Å². The van der Waals surface area contributed by atoms with Crippen molar-refractivity contribution >= 4 is 36.4 Å². The Labute approximate surface area is 288 Å². The summed E-state index contributed by atoms with van der Waals surface area (Å²) < 4.78 is 0. The number of unbranched alkanes of at least 4 members (excludes halogenated alkanes) is 28. The molecule has 0 aliphatic carbocycles. The minimum Gasteiger partial charge on any atom is -0.344 e. The molecule has 0 saturated carbocycles. The van der Waals surface area contributed by atoms with Crippen molar-refractivity contribution in [1.29, 1.82) is 0 Å². The van der Waals surface area contributed by atoms with Gasteiger partial charge in [-0.2, -0.15) is 0 Å². The molecular formula is C38H80Cl2N2O2. The number of nitrogens with two attached hydrogens (primary N) is 1. The first kappa shape index (κ1) is 50.7. The van der Waals surface area contributed by atoms with E-state index >= 15 is 0 Å². The molecule has 0 spiro atoms. The Kier molecular flexibility index (Phi) is 45.0. The maximum atomic E-state index is 12.7. The third-order valence-electron chi connectivity index (χ3n) is 9.17. The first-order valence-corrected chi connectivity index (χ1v) is 18.8. The molecule has 0 aromatic rings. The summed E-state index contributed by atoms with van der Waals surface area (Å²) in [5, 5.41) is 0. The monoisotopic (exact) mass is 667 g/mol. The number of carbonyl (C=O) groups excluding carboxylic acids is 2. The van der Waals surface area contributed by atoms with Gasteiger partial charge in [-0.3, -0.25) is 9.59 Å². The minimum atomic E-state index is -1.29. The van der Waals surface area contributed by atoms with Crippen molar-refractivity contribution in [2.75, 3.05) is 0 Å². The van der Waals surface area contributed by atoms with E-state index in [4.69, 9.17) is 5.73 Å². The van der Waals surface area contributed by atoms with Gasteiger partial charge in [-0.25, -0.2) is 0 Å². The Morgan fingerprint density at radius 3 is 0.727 bits per heavy atom. The van der Waals surface area contributed by atoms with E-state index in [9.17, 15) is 9.59 Å². The van der Waals surface area contributed by atoms with Crippen LogP contribution in [-0.2, 0) is 9.59 Å². The van der Waals surface area contributed by atoms with E-state index in [1.165, 1.54) is 167 Å². The van der Waals surface area contributed by atoms with Gasteiger partial charge >= 0.3 is 0 Å². The number of ketones is 2. The summed E-state index contributed by atoms with van der Waals surface area (Å²) in [4.78, 5) is 25.3. The van der Waals surface area contributed by atoms with Crippen LogP contribution < -0.4 is 11.9 Å². The second-order valence-corrected chi connectivity index (χ2v) is 13.4. The van der Waals surface area contributed by atoms with Crippen LogP contribution >= 0.6 is 24.8 Å². The molecule has 0 unspecified atom stereocenters. The number of rotatable bonds is 34. The lowest BCUT2D eigenvalue weighted by Crippen LogP contribution is -2.52. The van der Waals surface area contributed by atoms with Crippen molar-refractivity contribution in [2.24, 2.45) is 5.73 Å². The molecule has 4 nitrogen and oxygen atoms in total.